The molecule has 5 heteroatoms. The van der Waals surface area contributed by atoms with Crippen LogP contribution in [0.2, 0.25) is 5.02 Å². The normalized spacial score (nSPS) is 13.8. The topological polar surface area (TPSA) is 61.4 Å². The predicted octanol–water partition coefficient (Wildman–Crippen LogP) is 2.73. The van der Waals surface area contributed by atoms with Gasteiger partial charge in [-0.3, -0.25) is 4.79 Å². The zero-order valence-electron chi connectivity index (χ0n) is 12.2. The van der Waals surface area contributed by atoms with Crippen LogP contribution in [-0.2, 0) is 4.79 Å². The first kappa shape index (κ1) is 17.0. The second-order valence-electron chi connectivity index (χ2n) is 5.07. The molecule has 0 aromatic heterocycles. The molecular formula is C15H23ClN2O2. The molecule has 2 atom stereocenters. The maximum Gasteiger partial charge on any atom is 0.225 e. The number of carbonyl (C=O) groups is 1. The fourth-order valence-corrected chi connectivity index (χ4v) is 2.10. The van der Waals surface area contributed by atoms with Crippen molar-refractivity contribution in [2.24, 2.45) is 0 Å². The Hall–Kier alpha value is -1.10. The molecule has 4 nitrogen and oxygen atoms in total. The molecule has 1 aromatic carbocycles. The minimum absolute atomic E-state index is 0.00743. The number of aliphatic hydroxyl groups is 1. The Labute approximate surface area is 125 Å². The highest BCUT2D eigenvalue weighted by molar-refractivity contribution is 6.31. The van der Waals surface area contributed by atoms with Gasteiger partial charge in [0.05, 0.1) is 6.61 Å². The van der Waals surface area contributed by atoms with E-state index in [1.807, 2.05) is 32.9 Å². The van der Waals surface area contributed by atoms with Crippen LogP contribution < -0.4 is 10.6 Å². The second-order valence-corrected chi connectivity index (χ2v) is 5.48. The minimum atomic E-state index is -0.0716. The van der Waals surface area contributed by atoms with Crippen LogP contribution in [0.1, 0.15) is 32.3 Å². The van der Waals surface area contributed by atoms with E-state index >= 15 is 0 Å². The van der Waals surface area contributed by atoms with Crippen molar-refractivity contribution in [3.8, 4) is 0 Å². The molecule has 0 fully saturated rings. The van der Waals surface area contributed by atoms with Gasteiger partial charge < -0.3 is 15.7 Å². The second kappa shape index (κ2) is 8.25. The van der Waals surface area contributed by atoms with Gasteiger partial charge >= 0.3 is 0 Å². The van der Waals surface area contributed by atoms with Crippen LogP contribution in [0.3, 0.4) is 0 Å². The van der Waals surface area contributed by atoms with E-state index in [2.05, 4.69) is 10.6 Å². The molecule has 112 valence electrons. The monoisotopic (exact) mass is 298 g/mol. The Bertz CT molecular complexity index is 447. The van der Waals surface area contributed by atoms with Crippen molar-refractivity contribution in [1.29, 1.82) is 0 Å². The lowest BCUT2D eigenvalue weighted by atomic mass is 10.1. The number of aryl methyl sites for hydroxylation is 1. The Morgan fingerprint density at radius 1 is 1.45 bits per heavy atom. The number of hydrogen-bond donors (Lipinski definition) is 3. The van der Waals surface area contributed by atoms with Gasteiger partial charge in [-0.2, -0.15) is 0 Å². The minimum Gasteiger partial charge on any atom is -0.395 e. The van der Waals surface area contributed by atoms with Gasteiger partial charge in [0.15, 0.2) is 0 Å². The summed E-state index contributed by atoms with van der Waals surface area (Å²) in [6.07, 6.45) is 1.18. The third kappa shape index (κ3) is 5.49. The quantitative estimate of drug-likeness (QED) is 0.725. The highest BCUT2D eigenvalue weighted by Gasteiger charge is 2.13. The largest absolute Gasteiger partial charge is 0.395 e. The first-order valence-corrected chi connectivity index (χ1v) is 7.27. The number of aliphatic hydroxyl groups excluding tert-OH is 1. The smallest absolute Gasteiger partial charge is 0.225 e. The molecule has 0 heterocycles. The van der Waals surface area contributed by atoms with E-state index in [1.165, 1.54) is 0 Å². The molecule has 0 saturated heterocycles. The lowest BCUT2D eigenvalue weighted by molar-refractivity contribution is -0.116. The van der Waals surface area contributed by atoms with Crippen molar-refractivity contribution in [3.63, 3.8) is 0 Å². The average Bonchev–Trinajstić information content (AvgIpc) is 2.40. The van der Waals surface area contributed by atoms with Crippen molar-refractivity contribution in [3.05, 3.63) is 28.8 Å². The summed E-state index contributed by atoms with van der Waals surface area (Å²) in [5.41, 5.74) is 1.68. The summed E-state index contributed by atoms with van der Waals surface area (Å²) in [5, 5.41) is 15.8. The first-order valence-electron chi connectivity index (χ1n) is 6.89. The molecule has 0 aliphatic heterocycles. The SMILES string of the molecule is CCC(CO)NC(C)CC(=O)Nc1ccc(C)c(Cl)c1. The van der Waals surface area contributed by atoms with Crippen molar-refractivity contribution >= 4 is 23.2 Å². The summed E-state index contributed by atoms with van der Waals surface area (Å²) in [6, 6.07) is 5.49. The Morgan fingerprint density at radius 2 is 2.15 bits per heavy atom. The molecule has 3 N–H and O–H groups in total. The van der Waals surface area contributed by atoms with E-state index in [0.717, 1.165) is 12.0 Å². The average molecular weight is 299 g/mol. The molecule has 0 bridgehead atoms. The number of anilines is 1. The van der Waals surface area contributed by atoms with Crippen LogP contribution in [0.25, 0.3) is 0 Å². The number of halogens is 1. The summed E-state index contributed by atoms with van der Waals surface area (Å²) in [6.45, 7) is 5.92. The number of nitrogens with one attached hydrogen (secondary N) is 2. The summed E-state index contributed by atoms with van der Waals surface area (Å²) >= 11 is 6.02. The number of benzene rings is 1. The maximum atomic E-state index is 11.9. The van der Waals surface area contributed by atoms with Gasteiger partial charge in [0.2, 0.25) is 5.91 Å². The van der Waals surface area contributed by atoms with Gasteiger partial charge in [-0.05, 0) is 38.0 Å². The van der Waals surface area contributed by atoms with Crippen molar-refractivity contribution in [2.75, 3.05) is 11.9 Å². The predicted molar refractivity (Wildman–Crippen MR) is 83.2 cm³/mol. The van der Waals surface area contributed by atoms with Gasteiger partial charge in [0.1, 0.15) is 0 Å². The Balaban J connectivity index is 2.48. The molecular weight excluding hydrogens is 276 g/mol. The molecule has 0 radical (unpaired) electrons. The number of hydrogen-bond acceptors (Lipinski definition) is 3. The van der Waals surface area contributed by atoms with Crippen LogP contribution in [0.15, 0.2) is 18.2 Å². The highest BCUT2D eigenvalue weighted by Crippen LogP contribution is 2.20. The summed E-state index contributed by atoms with van der Waals surface area (Å²) < 4.78 is 0. The summed E-state index contributed by atoms with van der Waals surface area (Å²) in [4.78, 5) is 11.9. The van der Waals surface area contributed by atoms with E-state index in [4.69, 9.17) is 16.7 Å². The fourth-order valence-electron chi connectivity index (χ4n) is 1.92. The van der Waals surface area contributed by atoms with Crippen LogP contribution in [-0.4, -0.2) is 29.7 Å². The molecule has 0 spiro atoms. The summed E-state index contributed by atoms with van der Waals surface area (Å²) in [7, 11) is 0. The van der Waals surface area contributed by atoms with Crippen molar-refractivity contribution in [1.82, 2.24) is 5.32 Å². The molecule has 0 aliphatic carbocycles. The molecule has 0 aliphatic rings. The summed E-state index contributed by atoms with van der Waals surface area (Å²) in [5.74, 6) is -0.0716. The molecule has 1 rings (SSSR count). The van der Waals surface area contributed by atoms with Crippen molar-refractivity contribution in [2.45, 2.75) is 45.7 Å². The molecule has 20 heavy (non-hydrogen) atoms. The number of carbonyl (C=O) groups excluding carboxylic acids is 1. The Morgan fingerprint density at radius 3 is 2.70 bits per heavy atom. The van der Waals surface area contributed by atoms with E-state index < -0.39 is 0 Å². The third-order valence-electron chi connectivity index (χ3n) is 3.18. The van der Waals surface area contributed by atoms with Crippen LogP contribution in [0.5, 0.6) is 0 Å². The van der Waals surface area contributed by atoms with E-state index in [0.29, 0.717) is 17.1 Å². The van der Waals surface area contributed by atoms with Crippen LogP contribution in [0.4, 0.5) is 5.69 Å². The number of amides is 1. The van der Waals surface area contributed by atoms with Gasteiger partial charge in [-0.25, -0.2) is 0 Å². The lowest BCUT2D eigenvalue weighted by Gasteiger charge is -2.20. The molecule has 1 amide bonds. The van der Waals surface area contributed by atoms with Gasteiger partial charge in [0, 0.05) is 29.2 Å². The van der Waals surface area contributed by atoms with Gasteiger partial charge in [-0.1, -0.05) is 24.6 Å². The van der Waals surface area contributed by atoms with Crippen molar-refractivity contribution < 1.29 is 9.90 Å². The Kier molecular flexibility index (Phi) is 6.99. The fraction of sp³-hybridized carbons (Fsp3) is 0.533. The van der Waals surface area contributed by atoms with Crippen LogP contribution >= 0.6 is 11.6 Å². The molecule has 1 aromatic rings. The molecule has 0 saturated carbocycles. The van der Waals surface area contributed by atoms with E-state index in [1.54, 1.807) is 6.07 Å². The maximum absolute atomic E-state index is 11.9. The van der Waals surface area contributed by atoms with E-state index in [-0.39, 0.29) is 24.6 Å². The highest BCUT2D eigenvalue weighted by atomic mass is 35.5. The van der Waals surface area contributed by atoms with E-state index in [9.17, 15) is 4.79 Å². The molecule has 2 unspecified atom stereocenters. The van der Waals surface area contributed by atoms with Gasteiger partial charge in [0.25, 0.3) is 0 Å². The zero-order valence-corrected chi connectivity index (χ0v) is 13.0. The lowest BCUT2D eigenvalue weighted by Crippen LogP contribution is -2.40. The zero-order chi connectivity index (χ0) is 15.1. The van der Waals surface area contributed by atoms with Crippen LogP contribution in [0, 0.1) is 6.92 Å². The first-order chi connectivity index (χ1) is 9.46. The standard InChI is InChI=1S/C15H23ClN2O2/c1-4-12(9-19)17-11(3)7-15(20)18-13-6-5-10(2)14(16)8-13/h5-6,8,11-12,17,19H,4,7,9H2,1-3H3,(H,18,20). The third-order valence-corrected chi connectivity index (χ3v) is 3.59. The van der Waals surface area contributed by atoms with Gasteiger partial charge in [-0.15, -0.1) is 0 Å². The number of rotatable bonds is 7.